The maximum Gasteiger partial charge on any atom is 0.328 e. The van der Waals surface area contributed by atoms with Crippen molar-refractivity contribution in [2.75, 3.05) is 13.7 Å². The van der Waals surface area contributed by atoms with Crippen LogP contribution < -0.4 is 0 Å². The number of hydrogen-bond donors (Lipinski definition) is 0. The lowest BCUT2D eigenvalue weighted by atomic mass is 10.0. The van der Waals surface area contributed by atoms with E-state index in [1.807, 2.05) is 0 Å². The van der Waals surface area contributed by atoms with Crippen LogP contribution in [0.4, 0.5) is 0 Å². The fourth-order valence-electron chi connectivity index (χ4n) is 2.31. The first-order valence-corrected chi connectivity index (χ1v) is 6.65. The van der Waals surface area contributed by atoms with Gasteiger partial charge in [0.25, 0.3) is 5.91 Å². The number of amides is 1. The molecule has 0 bridgehead atoms. The minimum atomic E-state index is -0.470. The van der Waals surface area contributed by atoms with Crippen LogP contribution in [0.1, 0.15) is 29.6 Å². The Labute approximate surface area is 117 Å². The molecule has 1 aromatic carbocycles. The minimum absolute atomic E-state index is 0.147. The Hall–Kier alpha value is -1.55. The summed E-state index contributed by atoms with van der Waals surface area (Å²) in [7, 11) is 1.35. The Morgan fingerprint density at radius 3 is 2.58 bits per heavy atom. The van der Waals surface area contributed by atoms with E-state index in [1.54, 1.807) is 29.2 Å². The number of likely N-dealkylation sites (tertiary alicyclic amines) is 1. The number of carbonyl (C=O) groups is 2. The third-order valence-corrected chi connectivity index (χ3v) is 3.58. The van der Waals surface area contributed by atoms with E-state index in [4.69, 9.17) is 16.3 Å². The highest BCUT2D eigenvalue weighted by Crippen LogP contribution is 2.21. The average Bonchev–Trinajstić information content (AvgIpc) is 2.46. The highest BCUT2D eigenvalue weighted by molar-refractivity contribution is 6.30. The van der Waals surface area contributed by atoms with Crippen LogP contribution in [0.3, 0.4) is 0 Å². The summed E-state index contributed by atoms with van der Waals surface area (Å²) in [5.41, 5.74) is 0.542. The van der Waals surface area contributed by atoms with Gasteiger partial charge in [0.1, 0.15) is 6.04 Å². The molecule has 0 radical (unpaired) electrons. The van der Waals surface area contributed by atoms with Crippen LogP contribution in [0.25, 0.3) is 0 Å². The van der Waals surface area contributed by atoms with Crippen molar-refractivity contribution in [2.24, 2.45) is 0 Å². The average molecular weight is 282 g/mol. The molecule has 0 aromatic heterocycles. The van der Waals surface area contributed by atoms with Crippen molar-refractivity contribution in [1.82, 2.24) is 4.90 Å². The first-order valence-electron chi connectivity index (χ1n) is 6.28. The number of esters is 1. The van der Waals surface area contributed by atoms with Crippen molar-refractivity contribution >= 4 is 23.5 Å². The smallest absolute Gasteiger partial charge is 0.328 e. The standard InChI is InChI=1S/C14H16ClNO3/c1-19-14(18)12-4-2-3-9-16(12)13(17)10-5-7-11(15)8-6-10/h5-8,12H,2-4,9H2,1H3/t12-/m1/s1. The molecule has 102 valence electrons. The molecule has 0 aliphatic carbocycles. The second kappa shape index (κ2) is 6.06. The van der Waals surface area contributed by atoms with Gasteiger partial charge < -0.3 is 9.64 Å². The molecule has 1 aliphatic rings. The molecule has 4 nitrogen and oxygen atoms in total. The summed E-state index contributed by atoms with van der Waals surface area (Å²) >= 11 is 5.80. The number of carbonyl (C=O) groups excluding carboxylic acids is 2. The van der Waals surface area contributed by atoms with Crippen LogP contribution in [0.2, 0.25) is 5.02 Å². The maximum atomic E-state index is 12.4. The number of hydrogen-bond acceptors (Lipinski definition) is 3. The Bertz CT molecular complexity index is 472. The molecule has 1 aromatic rings. The minimum Gasteiger partial charge on any atom is -0.467 e. The second-order valence-corrected chi connectivity index (χ2v) is 4.98. The first-order chi connectivity index (χ1) is 9.13. The zero-order valence-electron chi connectivity index (χ0n) is 10.8. The van der Waals surface area contributed by atoms with E-state index in [2.05, 4.69) is 0 Å². The van der Waals surface area contributed by atoms with Gasteiger partial charge in [-0.05, 0) is 43.5 Å². The summed E-state index contributed by atoms with van der Waals surface area (Å²) in [5.74, 6) is -0.492. The van der Waals surface area contributed by atoms with Crippen molar-refractivity contribution in [3.05, 3.63) is 34.9 Å². The first kappa shape index (κ1) is 13.9. The Kier molecular flexibility index (Phi) is 4.43. The van der Waals surface area contributed by atoms with E-state index in [1.165, 1.54) is 7.11 Å². The van der Waals surface area contributed by atoms with E-state index in [9.17, 15) is 9.59 Å². The quantitative estimate of drug-likeness (QED) is 0.783. The zero-order chi connectivity index (χ0) is 13.8. The summed E-state index contributed by atoms with van der Waals surface area (Å²) in [6.45, 7) is 0.585. The molecule has 2 rings (SSSR count). The number of rotatable bonds is 2. The Balaban J connectivity index is 2.20. The van der Waals surface area contributed by atoms with E-state index < -0.39 is 6.04 Å². The molecular weight excluding hydrogens is 266 g/mol. The molecule has 1 aliphatic heterocycles. The van der Waals surface area contributed by atoms with Gasteiger partial charge in [0.05, 0.1) is 7.11 Å². The van der Waals surface area contributed by atoms with Gasteiger partial charge in [-0.2, -0.15) is 0 Å². The van der Waals surface area contributed by atoms with Gasteiger partial charge in [-0.15, -0.1) is 0 Å². The predicted molar refractivity (Wildman–Crippen MR) is 72.1 cm³/mol. The number of methoxy groups -OCH3 is 1. The lowest BCUT2D eigenvalue weighted by Crippen LogP contribution is -2.48. The van der Waals surface area contributed by atoms with Gasteiger partial charge in [0.2, 0.25) is 0 Å². The van der Waals surface area contributed by atoms with Gasteiger partial charge >= 0.3 is 5.97 Å². The highest BCUT2D eigenvalue weighted by Gasteiger charge is 2.33. The van der Waals surface area contributed by atoms with Gasteiger partial charge in [0, 0.05) is 17.1 Å². The van der Waals surface area contributed by atoms with Crippen LogP contribution in [-0.4, -0.2) is 36.5 Å². The van der Waals surface area contributed by atoms with Gasteiger partial charge in [-0.3, -0.25) is 4.79 Å². The second-order valence-electron chi connectivity index (χ2n) is 4.54. The number of nitrogens with zero attached hydrogens (tertiary/aromatic N) is 1. The van der Waals surface area contributed by atoms with Crippen LogP contribution >= 0.6 is 11.6 Å². The van der Waals surface area contributed by atoms with E-state index in [-0.39, 0.29) is 11.9 Å². The summed E-state index contributed by atoms with van der Waals surface area (Å²) in [6.07, 6.45) is 2.50. The predicted octanol–water partition coefficient (Wildman–Crippen LogP) is 2.51. The topological polar surface area (TPSA) is 46.6 Å². The van der Waals surface area contributed by atoms with Gasteiger partial charge in [-0.25, -0.2) is 4.79 Å². The molecule has 1 atom stereocenters. The summed E-state index contributed by atoms with van der Waals surface area (Å²) in [6, 6.07) is 6.22. The summed E-state index contributed by atoms with van der Waals surface area (Å²) in [5, 5.41) is 0.583. The van der Waals surface area contributed by atoms with E-state index in [0.717, 1.165) is 12.8 Å². The van der Waals surface area contributed by atoms with E-state index >= 15 is 0 Å². The molecule has 0 unspecified atom stereocenters. The third kappa shape index (κ3) is 3.07. The normalized spacial score (nSPS) is 19.1. The Morgan fingerprint density at radius 1 is 1.26 bits per heavy atom. The molecule has 0 saturated carbocycles. The third-order valence-electron chi connectivity index (χ3n) is 3.33. The molecule has 1 amide bonds. The molecule has 1 heterocycles. The van der Waals surface area contributed by atoms with Crippen molar-refractivity contribution in [3.8, 4) is 0 Å². The molecule has 0 spiro atoms. The number of piperidine rings is 1. The largest absolute Gasteiger partial charge is 0.467 e. The zero-order valence-corrected chi connectivity index (χ0v) is 11.5. The highest BCUT2D eigenvalue weighted by atomic mass is 35.5. The summed E-state index contributed by atoms with van der Waals surface area (Å²) < 4.78 is 4.77. The van der Waals surface area contributed by atoms with E-state index in [0.29, 0.717) is 23.6 Å². The van der Waals surface area contributed by atoms with Crippen LogP contribution in [0.15, 0.2) is 24.3 Å². The van der Waals surface area contributed by atoms with Crippen LogP contribution in [0.5, 0.6) is 0 Å². The van der Waals surface area contributed by atoms with Gasteiger partial charge in [0.15, 0.2) is 0 Å². The number of ether oxygens (including phenoxy) is 1. The molecule has 0 N–H and O–H groups in total. The maximum absolute atomic E-state index is 12.4. The van der Waals surface area contributed by atoms with Crippen LogP contribution in [0, 0.1) is 0 Å². The number of halogens is 1. The molecular formula is C14H16ClNO3. The van der Waals surface area contributed by atoms with Crippen molar-refractivity contribution in [3.63, 3.8) is 0 Å². The lowest BCUT2D eigenvalue weighted by Gasteiger charge is -2.33. The summed E-state index contributed by atoms with van der Waals surface area (Å²) in [4.78, 5) is 25.7. The van der Waals surface area contributed by atoms with Crippen LogP contribution in [-0.2, 0) is 9.53 Å². The van der Waals surface area contributed by atoms with Crippen molar-refractivity contribution in [1.29, 1.82) is 0 Å². The van der Waals surface area contributed by atoms with Crippen molar-refractivity contribution in [2.45, 2.75) is 25.3 Å². The molecule has 19 heavy (non-hydrogen) atoms. The molecule has 1 saturated heterocycles. The fourth-order valence-corrected chi connectivity index (χ4v) is 2.44. The molecule has 5 heteroatoms. The number of benzene rings is 1. The SMILES string of the molecule is COC(=O)[C@H]1CCCCN1C(=O)c1ccc(Cl)cc1. The lowest BCUT2D eigenvalue weighted by molar-refractivity contribution is -0.147. The van der Waals surface area contributed by atoms with Crippen molar-refractivity contribution < 1.29 is 14.3 Å². The molecule has 1 fully saturated rings. The van der Waals surface area contributed by atoms with Gasteiger partial charge in [-0.1, -0.05) is 11.6 Å². The Morgan fingerprint density at radius 2 is 1.95 bits per heavy atom. The monoisotopic (exact) mass is 281 g/mol. The fraction of sp³-hybridized carbons (Fsp3) is 0.429.